The first-order chi connectivity index (χ1) is 9.38. The largest absolute Gasteiger partial charge is 0.416 e. The number of nitrogens with two attached hydrogens (primary N) is 1. The number of halogens is 3. The fourth-order valence-corrected chi connectivity index (χ4v) is 1.54. The molecule has 1 heterocycles. The summed E-state index contributed by atoms with van der Waals surface area (Å²) in [7, 11) is 0. The van der Waals surface area contributed by atoms with E-state index in [1.54, 1.807) is 0 Å². The van der Waals surface area contributed by atoms with Crippen molar-refractivity contribution >= 4 is 17.3 Å². The molecule has 20 heavy (non-hydrogen) atoms. The summed E-state index contributed by atoms with van der Waals surface area (Å²) >= 11 is 0. The summed E-state index contributed by atoms with van der Waals surface area (Å²) in [5, 5.41) is 2.45. The van der Waals surface area contributed by atoms with Crippen LogP contribution >= 0.6 is 0 Å². The summed E-state index contributed by atoms with van der Waals surface area (Å²) in [6.45, 7) is 0. The van der Waals surface area contributed by atoms with Gasteiger partial charge in [-0.25, -0.2) is 0 Å². The van der Waals surface area contributed by atoms with Crippen molar-refractivity contribution < 1.29 is 18.0 Å². The Hall–Kier alpha value is -2.57. The van der Waals surface area contributed by atoms with Gasteiger partial charge >= 0.3 is 6.18 Å². The fraction of sp³-hybridized carbons (Fsp3) is 0.0769. The number of aromatic nitrogens is 1. The van der Waals surface area contributed by atoms with E-state index in [0.29, 0.717) is 0 Å². The van der Waals surface area contributed by atoms with E-state index >= 15 is 0 Å². The van der Waals surface area contributed by atoms with Gasteiger partial charge in [0, 0.05) is 23.8 Å². The molecular weight excluding hydrogens is 271 g/mol. The maximum atomic E-state index is 12.4. The normalized spacial score (nSPS) is 11.2. The van der Waals surface area contributed by atoms with Gasteiger partial charge in [0.15, 0.2) is 0 Å². The summed E-state index contributed by atoms with van der Waals surface area (Å²) < 4.78 is 37.2. The lowest BCUT2D eigenvalue weighted by Crippen LogP contribution is -2.14. The van der Waals surface area contributed by atoms with Crippen LogP contribution in [-0.2, 0) is 6.18 Å². The minimum atomic E-state index is -4.41. The lowest BCUT2D eigenvalue weighted by atomic mass is 10.2. The Bertz CT molecular complexity index is 624. The van der Waals surface area contributed by atoms with Gasteiger partial charge in [-0.1, -0.05) is 0 Å². The second-order valence-electron chi connectivity index (χ2n) is 3.99. The van der Waals surface area contributed by atoms with Gasteiger partial charge in [0.1, 0.15) is 0 Å². The molecule has 0 fully saturated rings. The van der Waals surface area contributed by atoms with Crippen LogP contribution in [-0.4, -0.2) is 10.9 Å². The smallest absolute Gasteiger partial charge is 0.398 e. The first-order valence-corrected chi connectivity index (χ1v) is 5.56. The predicted octanol–water partition coefficient (Wildman–Crippen LogP) is 2.93. The van der Waals surface area contributed by atoms with E-state index in [2.05, 4.69) is 10.3 Å². The second-order valence-corrected chi connectivity index (χ2v) is 3.99. The Kier molecular flexibility index (Phi) is 3.60. The van der Waals surface area contributed by atoms with Crippen molar-refractivity contribution in [2.75, 3.05) is 11.1 Å². The van der Waals surface area contributed by atoms with Crippen molar-refractivity contribution in [3.05, 3.63) is 53.9 Å². The van der Waals surface area contributed by atoms with Gasteiger partial charge in [0.25, 0.3) is 5.91 Å². The third-order valence-corrected chi connectivity index (χ3v) is 2.57. The topological polar surface area (TPSA) is 68.0 Å². The highest BCUT2D eigenvalue weighted by Crippen LogP contribution is 2.29. The molecule has 0 aliphatic carbocycles. The Morgan fingerprint density at radius 1 is 1.15 bits per heavy atom. The average Bonchev–Trinajstić information content (AvgIpc) is 2.38. The van der Waals surface area contributed by atoms with E-state index in [0.717, 1.165) is 12.1 Å². The molecule has 0 radical (unpaired) electrons. The van der Waals surface area contributed by atoms with Crippen molar-refractivity contribution in [2.45, 2.75) is 6.18 Å². The number of hydrogen-bond acceptors (Lipinski definition) is 3. The zero-order valence-corrected chi connectivity index (χ0v) is 10.1. The van der Waals surface area contributed by atoms with E-state index in [1.807, 2.05) is 0 Å². The SMILES string of the molecule is Nc1ccncc1C(=O)Nc1ccc(C(F)(F)F)cc1. The van der Waals surface area contributed by atoms with Gasteiger partial charge in [-0.2, -0.15) is 13.2 Å². The molecule has 0 unspecified atom stereocenters. The second kappa shape index (κ2) is 5.20. The quantitative estimate of drug-likeness (QED) is 0.889. The third kappa shape index (κ3) is 3.05. The van der Waals surface area contributed by atoms with E-state index in [9.17, 15) is 18.0 Å². The lowest BCUT2D eigenvalue weighted by molar-refractivity contribution is -0.137. The summed E-state index contributed by atoms with van der Waals surface area (Å²) in [5.41, 5.74) is 5.47. The molecule has 0 saturated heterocycles. The standard InChI is InChI=1S/C13H10F3N3O/c14-13(15,16)8-1-3-9(4-2-8)19-12(20)10-7-18-6-5-11(10)17/h1-7H,(H2,17,18)(H,19,20). The number of pyridine rings is 1. The molecule has 2 rings (SSSR count). The first kappa shape index (κ1) is 13.9. The molecule has 2 aromatic rings. The van der Waals surface area contributed by atoms with E-state index in [-0.39, 0.29) is 16.9 Å². The predicted molar refractivity (Wildman–Crippen MR) is 68.0 cm³/mol. The van der Waals surface area contributed by atoms with E-state index < -0.39 is 17.6 Å². The highest BCUT2D eigenvalue weighted by atomic mass is 19.4. The van der Waals surface area contributed by atoms with Crippen LogP contribution in [0, 0.1) is 0 Å². The van der Waals surface area contributed by atoms with Crippen LogP contribution in [0.5, 0.6) is 0 Å². The Morgan fingerprint density at radius 3 is 2.35 bits per heavy atom. The van der Waals surface area contributed by atoms with Crippen molar-refractivity contribution in [3.63, 3.8) is 0 Å². The molecule has 7 heteroatoms. The van der Waals surface area contributed by atoms with Gasteiger partial charge in [-0.05, 0) is 30.3 Å². The Balaban J connectivity index is 2.15. The minimum absolute atomic E-state index is 0.160. The fourth-order valence-electron chi connectivity index (χ4n) is 1.54. The number of nitrogens with one attached hydrogen (secondary N) is 1. The zero-order chi connectivity index (χ0) is 14.8. The molecule has 0 saturated carbocycles. The number of hydrogen-bond donors (Lipinski definition) is 2. The van der Waals surface area contributed by atoms with Crippen LogP contribution in [0.3, 0.4) is 0 Å². The number of carbonyl (C=O) groups is 1. The van der Waals surface area contributed by atoms with Crippen molar-refractivity contribution in [1.82, 2.24) is 4.98 Å². The number of nitrogen functional groups attached to an aromatic ring is 1. The van der Waals surface area contributed by atoms with Crippen molar-refractivity contribution in [1.29, 1.82) is 0 Å². The molecule has 0 aliphatic heterocycles. The molecule has 1 amide bonds. The number of alkyl halides is 3. The summed E-state index contributed by atoms with van der Waals surface area (Å²) in [6, 6.07) is 5.59. The van der Waals surface area contributed by atoms with Crippen molar-refractivity contribution in [2.24, 2.45) is 0 Å². The molecule has 1 aromatic carbocycles. The molecule has 104 valence electrons. The maximum absolute atomic E-state index is 12.4. The number of carbonyl (C=O) groups excluding carboxylic acids is 1. The Labute approximate surface area is 112 Å². The van der Waals surface area contributed by atoms with Crippen molar-refractivity contribution in [3.8, 4) is 0 Å². The summed E-state index contributed by atoms with van der Waals surface area (Å²) in [4.78, 5) is 15.6. The molecule has 0 spiro atoms. The zero-order valence-electron chi connectivity index (χ0n) is 10.1. The van der Waals surface area contributed by atoms with E-state index in [4.69, 9.17) is 5.73 Å². The molecule has 0 atom stereocenters. The minimum Gasteiger partial charge on any atom is -0.398 e. The molecule has 0 bridgehead atoms. The monoisotopic (exact) mass is 281 g/mol. The molecular formula is C13H10F3N3O. The van der Waals surface area contributed by atoms with Crippen LogP contribution < -0.4 is 11.1 Å². The third-order valence-electron chi connectivity index (χ3n) is 2.57. The van der Waals surface area contributed by atoms with Gasteiger partial charge in [-0.15, -0.1) is 0 Å². The van der Waals surface area contributed by atoms with Crippen LogP contribution in [0.1, 0.15) is 15.9 Å². The lowest BCUT2D eigenvalue weighted by Gasteiger charge is -2.09. The van der Waals surface area contributed by atoms with Gasteiger partial charge < -0.3 is 11.1 Å². The first-order valence-electron chi connectivity index (χ1n) is 5.56. The molecule has 1 aromatic heterocycles. The number of nitrogens with zero attached hydrogens (tertiary/aromatic N) is 1. The van der Waals surface area contributed by atoms with E-state index in [1.165, 1.54) is 30.6 Å². The number of benzene rings is 1. The van der Waals surface area contributed by atoms with Gasteiger partial charge in [-0.3, -0.25) is 9.78 Å². The number of anilines is 2. The summed E-state index contributed by atoms with van der Waals surface area (Å²) in [5.74, 6) is -0.532. The van der Waals surface area contributed by atoms with Gasteiger partial charge in [0.2, 0.25) is 0 Å². The van der Waals surface area contributed by atoms with Crippen LogP contribution in [0.2, 0.25) is 0 Å². The van der Waals surface area contributed by atoms with Gasteiger partial charge in [0.05, 0.1) is 11.1 Å². The molecule has 3 N–H and O–H groups in total. The molecule has 4 nitrogen and oxygen atoms in total. The number of amides is 1. The Morgan fingerprint density at radius 2 is 1.80 bits per heavy atom. The highest BCUT2D eigenvalue weighted by Gasteiger charge is 2.30. The van der Waals surface area contributed by atoms with Crippen LogP contribution in [0.4, 0.5) is 24.5 Å². The van der Waals surface area contributed by atoms with Crippen LogP contribution in [0.15, 0.2) is 42.7 Å². The summed E-state index contributed by atoms with van der Waals surface area (Å²) in [6.07, 6.45) is -1.69. The molecule has 0 aliphatic rings. The average molecular weight is 281 g/mol. The van der Waals surface area contributed by atoms with Crippen LogP contribution in [0.25, 0.3) is 0 Å². The highest BCUT2D eigenvalue weighted by molar-refractivity contribution is 6.07. The maximum Gasteiger partial charge on any atom is 0.416 e. The number of rotatable bonds is 2.